The Kier molecular flexibility index (Phi) is 10.4. The van der Waals surface area contributed by atoms with Crippen LogP contribution in [0.25, 0.3) is 12.2 Å². The predicted octanol–water partition coefficient (Wildman–Crippen LogP) is 4.71. The van der Waals surface area contributed by atoms with Crippen LogP contribution in [-0.4, -0.2) is 54.3 Å². The number of carbonyl (C=O) groups is 5. The van der Waals surface area contributed by atoms with Crippen molar-refractivity contribution < 1.29 is 34.2 Å². The van der Waals surface area contributed by atoms with Crippen molar-refractivity contribution >= 4 is 52.8 Å². The van der Waals surface area contributed by atoms with Gasteiger partial charge in [-0.3, -0.25) is 24.0 Å². The van der Waals surface area contributed by atoms with Crippen LogP contribution in [0.2, 0.25) is 0 Å². The van der Waals surface area contributed by atoms with Crippen LogP contribution in [-0.2, 0) is 43.2 Å². The number of amides is 2. The lowest BCUT2D eigenvalue weighted by atomic mass is 10.00. The maximum Gasteiger partial charge on any atom is 0.303 e. The number of aryl methyl sites for hydroxylation is 1. The van der Waals surface area contributed by atoms with E-state index in [-0.39, 0.29) is 47.9 Å². The van der Waals surface area contributed by atoms with Gasteiger partial charge in [-0.1, -0.05) is 24.4 Å². The van der Waals surface area contributed by atoms with E-state index >= 15 is 0 Å². The summed E-state index contributed by atoms with van der Waals surface area (Å²) >= 11 is 1.09. The average molecular weight is 647 g/mol. The lowest BCUT2D eigenvalue weighted by molar-refractivity contribution is -0.138. The summed E-state index contributed by atoms with van der Waals surface area (Å²) in [4.78, 5) is 66.5. The molecule has 4 rings (SSSR count). The van der Waals surface area contributed by atoms with Crippen molar-refractivity contribution in [3.63, 3.8) is 0 Å². The fourth-order valence-corrected chi connectivity index (χ4v) is 6.75. The topological polar surface area (TPSA) is 181 Å². The molecule has 2 aliphatic rings. The number of thioether (sulfide) groups is 1. The molecule has 0 spiro atoms. The van der Waals surface area contributed by atoms with Crippen molar-refractivity contribution in [2.75, 3.05) is 0 Å². The second-order valence-electron chi connectivity index (χ2n) is 11.4. The third kappa shape index (κ3) is 7.51. The minimum absolute atomic E-state index is 0.0857. The normalized spacial score (nSPS) is 17.2. The number of carboxylic acid groups (broad SMARTS) is 2. The van der Waals surface area contributed by atoms with Gasteiger partial charge in [-0.05, 0) is 81.0 Å². The largest absolute Gasteiger partial charge is 0.481 e. The summed E-state index contributed by atoms with van der Waals surface area (Å²) in [6, 6.07) is 1.85. The van der Waals surface area contributed by atoms with E-state index in [4.69, 9.17) is 0 Å². The molecule has 2 aromatic rings. The molecule has 0 bridgehead atoms. The Bertz CT molecular complexity index is 1780. The number of aromatic amines is 2. The lowest BCUT2D eigenvalue weighted by Gasteiger charge is -2.08. The van der Waals surface area contributed by atoms with Crippen molar-refractivity contribution in [3.8, 4) is 0 Å². The molecule has 6 N–H and O–H groups in total. The molecule has 0 saturated heterocycles. The minimum atomic E-state index is -0.942. The Hall–Kier alpha value is -4.84. The van der Waals surface area contributed by atoms with Crippen LogP contribution in [0.4, 0.5) is 0 Å². The molecule has 4 heterocycles. The Labute approximate surface area is 271 Å². The molecule has 11 nitrogen and oxygen atoms in total. The number of allylic oxidation sites excluding steroid dienone is 2. The van der Waals surface area contributed by atoms with Gasteiger partial charge < -0.3 is 30.8 Å². The molecule has 0 fully saturated rings. The van der Waals surface area contributed by atoms with E-state index in [1.807, 2.05) is 32.9 Å². The molecule has 2 aliphatic heterocycles. The Morgan fingerprint density at radius 3 is 2.20 bits per heavy atom. The zero-order valence-electron chi connectivity index (χ0n) is 26.5. The van der Waals surface area contributed by atoms with Crippen molar-refractivity contribution in [2.24, 2.45) is 0 Å². The fraction of sp³-hybridized carbons (Fsp3) is 0.324. The summed E-state index contributed by atoms with van der Waals surface area (Å²) in [5, 5.41) is 24.2. The molecule has 2 amide bonds. The third-order valence-corrected chi connectivity index (χ3v) is 9.12. The molecular weight excluding hydrogens is 608 g/mol. The average Bonchev–Trinajstić information content (AvgIpc) is 3.65. The smallest absolute Gasteiger partial charge is 0.303 e. The molecule has 12 heteroatoms. The van der Waals surface area contributed by atoms with E-state index in [1.54, 1.807) is 19.1 Å². The highest BCUT2D eigenvalue weighted by Crippen LogP contribution is 2.32. The molecule has 0 saturated carbocycles. The van der Waals surface area contributed by atoms with E-state index < -0.39 is 11.9 Å². The standard InChI is InChI=1S/C34H38N4O7S/c1-7-23-17(3)33(44)38-28(23)14-26-16(2)24(9-11-31(42)43)29(36-26)15-27-21(8-10-30(40)41)12-22(35-27)13-25-18(4)32(34(45)37-25)19(5)46-20(6)39/h7,12-14,19,35-36H,1,8-11,15H2,2-6H3,(H,37,45)(H,38,44)(H,40,41)(H,42,43)/b25-13-,28-14+/t19-/m1/s1. The second-order valence-corrected chi connectivity index (χ2v) is 12.9. The predicted molar refractivity (Wildman–Crippen MR) is 177 cm³/mol. The summed E-state index contributed by atoms with van der Waals surface area (Å²) in [5.41, 5.74) is 8.96. The van der Waals surface area contributed by atoms with E-state index in [2.05, 4.69) is 27.2 Å². The number of carbonyl (C=O) groups excluding carboxylic acids is 3. The van der Waals surface area contributed by atoms with Gasteiger partial charge in [-0.25, -0.2) is 0 Å². The molecule has 46 heavy (non-hydrogen) atoms. The van der Waals surface area contributed by atoms with Crippen molar-refractivity contribution in [3.05, 3.63) is 91.9 Å². The molecule has 0 radical (unpaired) electrons. The van der Waals surface area contributed by atoms with E-state index in [9.17, 15) is 34.2 Å². The number of aromatic nitrogens is 2. The Morgan fingerprint density at radius 2 is 1.57 bits per heavy atom. The van der Waals surface area contributed by atoms with Crippen LogP contribution in [0.3, 0.4) is 0 Å². The minimum Gasteiger partial charge on any atom is -0.481 e. The number of H-pyrrole nitrogens is 2. The summed E-state index contributed by atoms with van der Waals surface area (Å²) in [6.07, 6.45) is 5.88. The van der Waals surface area contributed by atoms with Gasteiger partial charge in [0.05, 0.1) is 5.70 Å². The first-order valence-electron chi connectivity index (χ1n) is 14.8. The number of rotatable bonds is 13. The number of carboxylic acids is 2. The van der Waals surface area contributed by atoms with Crippen LogP contribution in [0, 0.1) is 6.92 Å². The maximum atomic E-state index is 12.8. The van der Waals surface area contributed by atoms with Crippen LogP contribution < -0.4 is 10.6 Å². The van der Waals surface area contributed by atoms with Gasteiger partial charge >= 0.3 is 11.9 Å². The fourth-order valence-electron chi connectivity index (χ4n) is 5.85. The van der Waals surface area contributed by atoms with Gasteiger partial charge in [-0.15, -0.1) is 0 Å². The molecule has 0 aromatic carbocycles. The third-order valence-electron chi connectivity index (χ3n) is 8.20. The van der Waals surface area contributed by atoms with E-state index in [0.717, 1.165) is 45.4 Å². The summed E-state index contributed by atoms with van der Waals surface area (Å²) in [5.74, 6) is -2.36. The first-order chi connectivity index (χ1) is 21.7. The first-order valence-corrected chi connectivity index (χ1v) is 15.7. The second kappa shape index (κ2) is 14.1. The molecule has 0 unspecified atom stereocenters. The van der Waals surface area contributed by atoms with Crippen molar-refractivity contribution in [1.82, 2.24) is 20.6 Å². The van der Waals surface area contributed by atoms with Crippen LogP contribution >= 0.6 is 11.8 Å². The van der Waals surface area contributed by atoms with Crippen molar-refractivity contribution in [2.45, 2.75) is 72.0 Å². The number of hydrogen-bond donors (Lipinski definition) is 6. The Morgan fingerprint density at radius 1 is 0.913 bits per heavy atom. The SMILES string of the molecule is C=CC1=C(C)C(=O)N/C1=C/c1[nH]c(Cc2[nH]c(/C=C3\NC(=O)C([C@@H](C)SC(C)=O)=C3C)cc2CCC(=O)O)c(CCC(=O)O)c1C. The highest BCUT2D eigenvalue weighted by Gasteiger charge is 2.30. The van der Waals surface area contributed by atoms with Gasteiger partial charge in [0.15, 0.2) is 5.12 Å². The zero-order valence-corrected chi connectivity index (χ0v) is 27.3. The van der Waals surface area contributed by atoms with Gasteiger partial charge in [0.2, 0.25) is 0 Å². The summed E-state index contributed by atoms with van der Waals surface area (Å²) in [6.45, 7) is 12.5. The molecular formula is C34H38N4O7S. The highest BCUT2D eigenvalue weighted by atomic mass is 32.2. The van der Waals surface area contributed by atoms with Crippen LogP contribution in [0.1, 0.15) is 80.0 Å². The first kappa shape index (κ1) is 34.0. The van der Waals surface area contributed by atoms with Gasteiger partial charge in [-0.2, -0.15) is 0 Å². The van der Waals surface area contributed by atoms with E-state index in [0.29, 0.717) is 45.9 Å². The van der Waals surface area contributed by atoms with Gasteiger partial charge in [0.25, 0.3) is 11.8 Å². The summed E-state index contributed by atoms with van der Waals surface area (Å²) < 4.78 is 0. The molecule has 2 aromatic heterocycles. The Balaban J connectivity index is 1.75. The number of aliphatic carboxylic acids is 2. The number of hydrogen-bond acceptors (Lipinski definition) is 6. The lowest BCUT2D eigenvalue weighted by Crippen LogP contribution is -2.20. The van der Waals surface area contributed by atoms with Crippen LogP contribution in [0.5, 0.6) is 0 Å². The van der Waals surface area contributed by atoms with Crippen LogP contribution in [0.15, 0.2) is 52.4 Å². The quantitative estimate of drug-likeness (QED) is 0.181. The molecule has 1 atom stereocenters. The van der Waals surface area contributed by atoms with Gasteiger partial charge in [0.1, 0.15) is 0 Å². The molecule has 242 valence electrons. The zero-order chi connectivity index (χ0) is 33.9. The summed E-state index contributed by atoms with van der Waals surface area (Å²) in [7, 11) is 0. The number of nitrogens with one attached hydrogen (secondary N) is 4. The van der Waals surface area contributed by atoms with Crippen molar-refractivity contribution in [1.29, 1.82) is 0 Å². The van der Waals surface area contributed by atoms with E-state index in [1.165, 1.54) is 6.92 Å². The molecule has 0 aliphatic carbocycles. The maximum absolute atomic E-state index is 12.8. The monoisotopic (exact) mass is 646 g/mol. The van der Waals surface area contributed by atoms with Gasteiger partial charge in [0, 0.05) is 76.6 Å². The highest BCUT2D eigenvalue weighted by molar-refractivity contribution is 8.14.